The van der Waals surface area contributed by atoms with Crippen LogP contribution in [0.4, 0.5) is 18.0 Å². The van der Waals surface area contributed by atoms with Crippen molar-refractivity contribution in [2.45, 2.75) is 82.5 Å². The Kier molecular flexibility index (Phi) is 9.27. The Bertz CT molecular complexity index is 1180. The summed E-state index contributed by atoms with van der Waals surface area (Å²) in [6.45, 7) is 6.13. The number of amides is 2. The van der Waals surface area contributed by atoms with E-state index in [9.17, 15) is 22.8 Å². The molecule has 1 aliphatic carbocycles. The zero-order chi connectivity index (χ0) is 31.0. The second kappa shape index (κ2) is 12.5. The van der Waals surface area contributed by atoms with Crippen LogP contribution < -0.4 is 5.32 Å². The molecule has 240 valence electrons. The third-order valence-electron chi connectivity index (χ3n) is 9.75. The van der Waals surface area contributed by atoms with Crippen molar-refractivity contribution in [1.82, 2.24) is 20.1 Å². The van der Waals surface area contributed by atoms with Gasteiger partial charge >= 0.3 is 12.3 Å². The molecule has 1 saturated carbocycles. The molecule has 4 aliphatic rings. The monoisotopic (exact) mass is 612 g/mol. The Morgan fingerprint density at radius 3 is 2.74 bits per heavy atom. The quantitative estimate of drug-likeness (QED) is 0.477. The highest BCUT2D eigenvalue weighted by atomic mass is 19.4. The van der Waals surface area contributed by atoms with Gasteiger partial charge in [0, 0.05) is 83.8 Å². The largest absolute Gasteiger partial charge is 0.449 e. The number of likely N-dealkylation sites (tertiary alicyclic amines) is 1. The zero-order valence-corrected chi connectivity index (χ0v) is 25.4. The number of hydrogen-bond donors (Lipinski definition) is 1. The summed E-state index contributed by atoms with van der Waals surface area (Å²) in [4.78, 5) is 34.9. The first-order valence-electron chi connectivity index (χ1n) is 15.0. The third-order valence-corrected chi connectivity index (χ3v) is 9.75. The number of carbonyl (C=O) groups excluding carboxylic acids is 2. The van der Waals surface area contributed by atoms with E-state index >= 15 is 0 Å². The molecular formula is C30H43F3N4O6. The number of carbonyl (C=O) groups is 2. The summed E-state index contributed by atoms with van der Waals surface area (Å²) < 4.78 is 62.5. The van der Waals surface area contributed by atoms with Gasteiger partial charge in [0.25, 0.3) is 0 Å². The molecule has 5 rings (SSSR count). The number of halogens is 3. The van der Waals surface area contributed by atoms with E-state index in [0.717, 1.165) is 18.7 Å². The number of pyridine rings is 1. The van der Waals surface area contributed by atoms with Gasteiger partial charge in [-0.15, -0.1) is 0 Å². The maximum absolute atomic E-state index is 14.4. The highest BCUT2D eigenvalue weighted by Crippen LogP contribution is 2.51. The van der Waals surface area contributed by atoms with Crippen molar-refractivity contribution in [1.29, 1.82) is 0 Å². The molecule has 0 radical (unpaired) electrons. The number of hydrogen-bond acceptors (Lipinski definition) is 8. The van der Waals surface area contributed by atoms with E-state index in [-0.39, 0.29) is 49.7 Å². The van der Waals surface area contributed by atoms with Crippen LogP contribution in [0.25, 0.3) is 0 Å². The van der Waals surface area contributed by atoms with Crippen molar-refractivity contribution >= 4 is 12.0 Å². The average molecular weight is 613 g/mol. The van der Waals surface area contributed by atoms with Crippen LogP contribution in [0.1, 0.15) is 56.4 Å². The maximum Gasteiger partial charge on any atom is 0.417 e. The normalized spacial score (nSPS) is 29.4. The van der Waals surface area contributed by atoms with Crippen molar-refractivity contribution in [3.05, 3.63) is 29.1 Å². The molecule has 3 aliphatic heterocycles. The van der Waals surface area contributed by atoms with E-state index < -0.39 is 28.8 Å². The van der Waals surface area contributed by atoms with Crippen LogP contribution >= 0.6 is 0 Å². The van der Waals surface area contributed by atoms with Gasteiger partial charge in [0.15, 0.2) is 0 Å². The molecule has 0 aromatic carbocycles. The van der Waals surface area contributed by atoms with Crippen LogP contribution in [-0.2, 0) is 42.9 Å². The summed E-state index contributed by atoms with van der Waals surface area (Å²) in [6.07, 6.45) is -1.35. The molecule has 1 aromatic rings. The molecule has 5 atom stereocenters. The Labute approximate surface area is 250 Å². The van der Waals surface area contributed by atoms with Crippen molar-refractivity contribution in [2.24, 2.45) is 11.3 Å². The van der Waals surface area contributed by atoms with Gasteiger partial charge in [0.05, 0.1) is 35.9 Å². The number of methoxy groups -OCH3 is 2. The van der Waals surface area contributed by atoms with Crippen LogP contribution in [0.15, 0.2) is 12.3 Å². The molecule has 1 aromatic heterocycles. The summed E-state index contributed by atoms with van der Waals surface area (Å²) >= 11 is 0. The first-order valence-corrected chi connectivity index (χ1v) is 15.0. The van der Waals surface area contributed by atoms with Crippen molar-refractivity contribution in [3.63, 3.8) is 0 Å². The summed E-state index contributed by atoms with van der Waals surface area (Å²) in [5.41, 5.74) is -1.14. The van der Waals surface area contributed by atoms with Crippen molar-refractivity contribution in [2.75, 3.05) is 53.7 Å². The molecule has 43 heavy (non-hydrogen) atoms. The number of ether oxygens (including phenoxy) is 4. The summed E-state index contributed by atoms with van der Waals surface area (Å²) in [6, 6.07) is 1.20. The Morgan fingerprint density at radius 2 is 2.02 bits per heavy atom. The first-order chi connectivity index (χ1) is 20.3. The van der Waals surface area contributed by atoms with Gasteiger partial charge in [-0.25, -0.2) is 4.79 Å². The van der Waals surface area contributed by atoms with Gasteiger partial charge in [-0.1, -0.05) is 0 Å². The first kappa shape index (κ1) is 31.9. The lowest BCUT2D eigenvalue weighted by molar-refractivity contribution is -0.143. The third kappa shape index (κ3) is 6.79. The van der Waals surface area contributed by atoms with E-state index in [1.165, 1.54) is 0 Å². The van der Waals surface area contributed by atoms with Gasteiger partial charge in [0.1, 0.15) is 0 Å². The number of nitrogens with zero attached hydrogens (tertiary/aromatic N) is 3. The van der Waals surface area contributed by atoms with E-state index in [1.54, 1.807) is 24.0 Å². The Hall–Kier alpha value is -2.48. The summed E-state index contributed by atoms with van der Waals surface area (Å²) in [5, 5.41) is 3.71. The predicted octanol–water partition coefficient (Wildman–Crippen LogP) is 3.41. The minimum Gasteiger partial charge on any atom is -0.449 e. The lowest BCUT2D eigenvalue weighted by atomic mass is 9.78. The molecular weight excluding hydrogens is 569 g/mol. The van der Waals surface area contributed by atoms with Gasteiger partial charge in [-0.05, 0) is 50.7 Å². The average Bonchev–Trinajstić information content (AvgIpc) is 3.51. The van der Waals surface area contributed by atoms with Gasteiger partial charge in [-0.3, -0.25) is 9.78 Å². The highest BCUT2D eigenvalue weighted by Gasteiger charge is 2.60. The second-order valence-electron chi connectivity index (χ2n) is 12.9. The molecule has 0 bridgehead atoms. The fourth-order valence-corrected chi connectivity index (χ4v) is 7.05. The minimum absolute atomic E-state index is 0.0194. The number of aromatic nitrogens is 1. The number of alkyl halides is 3. The van der Waals surface area contributed by atoms with Crippen molar-refractivity contribution in [3.8, 4) is 0 Å². The van der Waals surface area contributed by atoms with E-state index in [1.807, 2.05) is 13.8 Å². The van der Waals surface area contributed by atoms with Crippen LogP contribution in [0.3, 0.4) is 0 Å². The molecule has 2 amide bonds. The topological polar surface area (TPSA) is 102 Å². The molecule has 1 N–H and O–H groups in total. The van der Waals surface area contributed by atoms with Gasteiger partial charge < -0.3 is 34.1 Å². The second-order valence-corrected chi connectivity index (χ2v) is 12.9. The number of nitrogens with one attached hydrogen (secondary N) is 1. The Balaban J connectivity index is 1.33. The van der Waals surface area contributed by atoms with Crippen molar-refractivity contribution < 1.29 is 41.7 Å². The van der Waals surface area contributed by atoms with Crippen LogP contribution in [0, 0.1) is 11.3 Å². The molecule has 0 spiro atoms. The fourth-order valence-electron chi connectivity index (χ4n) is 7.05. The molecule has 2 saturated heterocycles. The van der Waals surface area contributed by atoms with Gasteiger partial charge in [0.2, 0.25) is 5.91 Å². The van der Waals surface area contributed by atoms with E-state index in [2.05, 4.69) is 10.3 Å². The van der Waals surface area contributed by atoms with Crippen LogP contribution in [0.2, 0.25) is 0 Å². The molecule has 13 heteroatoms. The zero-order valence-electron chi connectivity index (χ0n) is 25.4. The lowest BCUT2D eigenvalue weighted by Crippen LogP contribution is -2.52. The fraction of sp³-hybridized carbons (Fsp3) is 0.767. The minimum atomic E-state index is -4.52. The van der Waals surface area contributed by atoms with Crippen LogP contribution in [0.5, 0.6) is 0 Å². The van der Waals surface area contributed by atoms with Gasteiger partial charge in [-0.2, -0.15) is 13.2 Å². The number of fused-ring (bicyclic) bond motifs is 2. The smallest absolute Gasteiger partial charge is 0.417 e. The molecule has 10 nitrogen and oxygen atoms in total. The molecule has 4 heterocycles. The SMILES string of the molecule is COC1COCCC1N[C@@H]1C[C@H]2CN(C(=O)OCCC(C)(C)OC)C[C@@]2(C(=O)N2CCc3ncc(C(F)(F)F)cc3C2)C1. The van der Waals surface area contributed by atoms with E-state index in [4.69, 9.17) is 18.9 Å². The predicted molar refractivity (Wildman–Crippen MR) is 149 cm³/mol. The Morgan fingerprint density at radius 1 is 1.23 bits per heavy atom. The van der Waals surface area contributed by atoms with Crippen LogP contribution in [-0.4, -0.2) is 104 Å². The molecule has 3 fully saturated rings. The molecule has 2 unspecified atom stereocenters. The summed E-state index contributed by atoms with van der Waals surface area (Å²) in [7, 11) is 3.27. The van der Waals surface area contributed by atoms with E-state index in [0.29, 0.717) is 63.2 Å². The lowest BCUT2D eigenvalue weighted by Gasteiger charge is -2.37. The summed E-state index contributed by atoms with van der Waals surface area (Å²) in [5.74, 6) is -0.252. The number of rotatable bonds is 8. The highest BCUT2D eigenvalue weighted by molar-refractivity contribution is 5.86. The maximum atomic E-state index is 14.4. The standard InChI is InChI=1S/C30H43F3N4O6/c1-28(2,41-4)7-10-43-27(39)37-16-21-12-22(35-24-6-9-42-17-25(24)40-3)13-29(21,18-37)26(38)36-8-5-23-19(15-36)11-20(14-34-23)30(31,32)33/h11,14,21-22,24-25,35H,5-10,12-13,15-18H2,1-4H3/t21-,22+,24?,25?,29-/m0/s1.